The molecular formula is C19H22F3N3O2. The molecule has 0 aromatic heterocycles. The molecule has 0 aliphatic rings. The number of carbonyl (C=O) groups is 1. The van der Waals surface area contributed by atoms with E-state index in [1.165, 1.54) is 12.1 Å². The molecule has 1 unspecified atom stereocenters. The standard InChI is InChI=1S/C19H22F3N3O2/c1-25(2)17(13-7-9-16(27-3)10-8-13)12-23-18(26)24-15-6-4-5-14(11-15)19(20,21)22/h4-11,17H,12H2,1-3H3,(H2,23,24,26). The van der Waals surface area contributed by atoms with Gasteiger partial charge in [-0.05, 0) is 50.0 Å². The van der Waals surface area contributed by atoms with Crippen LogP contribution in [0.4, 0.5) is 23.7 Å². The minimum absolute atomic E-state index is 0.0770. The molecule has 5 nitrogen and oxygen atoms in total. The molecule has 0 heterocycles. The Morgan fingerprint density at radius 1 is 1.15 bits per heavy atom. The molecule has 27 heavy (non-hydrogen) atoms. The van der Waals surface area contributed by atoms with Crippen molar-refractivity contribution in [1.82, 2.24) is 10.2 Å². The quantitative estimate of drug-likeness (QED) is 0.791. The van der Waals surface area contributed by atoms with Gasteiger partial charge >= 0.3 is 12.2 Å². The van der Waals surface area contributed by atoms with Crippen molar-refractivity contribution in [2.24, 2.45) is 0 Å². The zero-order valence-electron chi connectivity index (χ0n) is 15.3. The summed E-state index contributed by atoms with van der Waals surface area (Å²) < 4.78 is 43.4. The lowest BCUT2D eigenvalue weighted by molar-refractivity contribution is -0.137. The van der Waals surface area contributed by atoms with E-state index < -0.39 is 17.8 Å². The smallest absolute Gasteiger partial charge is 0.416 e. The Balaban J connectivity index is 1.99. The maximum absolute atomic E-state index is 12.7. The maximum atomic E-state index is 12.7. The van der Waals surface area contributed by atoms with Crippen molar-refractivity contribution in [2.45, 2.75) is 12.2 Å². The lowest BCUT2D eigenvalue weighted by Crippen LogP contribution is -2.36. The lowest BCUT2D eigenvalue weighted by atomic mass is 10.1. The van der Waals surface area contributed by atoms with Crippen molar-refractivity contribution in [3.05, 3.63) is 59.7 Å². The van der Waals surface area contributed by atoms with Crippen molar-refractivity contribution < 1.29 is 22.7 Å². The van der Waals surface area contributed by atoms with Crippen LogP contribution < -0.4 is 15.4 Å². The summed E-state index contributed by atoms with van der Waals surface area (Å²) in [7, 11) is 5.33. The third kappa shape index (κ3) is 5.89. The Bertz CT molecular complexity index is 762. The van der Waals surface area contributed by atoms with Crippen LogP contribution in [0.3, 0.4) is 0 Å². The van der Waals surface area contributed by atoms with Gasteiger partial charge in [0.2, 0.25) is 0 Å². The molecule has 0 aliphatic heterocycles. The van der Waals surface area contributed by atoms with Crippen LogP contribution in [0, 0.1) is 0 Å². The fraction of sp³-hybridized carbons (Fsp3) is 0.316. The van der Waals surface area contributed by atoms with Gasteiger partial charge < -0.3 is 20.3 Å². The van der Waals surface area contributed by atoms with E-state index in [9.17, 15) is 18.0 Å². The van der Waals surface area contributed by atoms with E-state index in [2.05, 4.69) is 10.6 Å². The predicted octanol–water partition coefficient (Wildman–Crippen LogP) is 4.14. The molecule has 1 atom stereocenters. The summed E-state index contributed by atoms with van der Waals surface area (Å²) in [5.74, 6) is 0.728. The molecule has 2 amide bonds. The molecule has 0 radical (unpaired) electrons. The van der Waals surface area contributed by atoms with Gasteiger partial charge in [0.25, 0.3) is 0 Å². The molecule has 0 saturated carbocycles. The lowest BCUT2D eigenvalue weighted by Gasteiger charge is -2.25. The van der Waals surface area contributed by atoms with Crippen LogP contribution in [0.5, 0.6) is 5.75 Å². The van der Waals surface area contributed by atoms with Gasteiger partial charge in [-0.3, -0.25) is 0 Å². The Morgan fingerprint density at radius 2 is 1.81 bits per heavy atom. The fourth-order valence-corrected chi connectivity index (χ4v) is 2.56. The summed E-state index contributed by atoms with van der Waals surface area (Å²) in [5, 5.41) is 5.12. The fourth-order valence-electron chi connectivity index (χ4n) is 2.56. The van der Waals surface area contributed by atoms with Crippen LogP contribution >= 0.6 is 0 Å². The number of alkyl halides is 3. The average molecular weight is 381 g/mol. The van der Waals surface area contributed by atoms with Crippen molar-refractivity contribution in [1.29, 1.82) is 0 Å². The monoisotopic (exact) mass is 381 g/mol. The highest BCUT2D eigenvalue weighted by atomic mass is 19.4. The van der Waals surface area contributed by atoms with Crippen LogP contribution in [-0.2, 0) is 6.18 Å². The van der Waals surface area contributed by atoms with Gasteiger partial charge in [0, 0.05) is 12.2 Å². The maximum Gasteiger partial charge on any atom is 0.416 e. The zero-order valence-corrected chi connectivity index (χ0v) is 15.3. The summed E-state index contributed by atoms with van der Waals surface area (Å²) >= 11 is 0. The highest BCUT2D eigenvalue weighted by Gasteiger charge is 2.30. The first-order valence-corrected chi connectivity index (χ1v) is 8.23. The number of ether oxygens (including phenoxy) is 1. The first-order chi connectivity index (χ1) is 12.7. The number of carbonyl (C=O) groups excluding carboxylic acids is 1. The molecule has 2 aromatic rings. The van der Waals surface area contributed by atoms with E-state index in [-0.39, 0.29) is 18.3 Å². The highest BCUT2D eigenvalue weighted by Crippen LogP contribution is 2.30. The molecule has 2 rings (SSSR count). The van der Waals surface area contributed by atoms with Gasteiger partial charge in [0.05, 0.1) is 18.7 Å². The Labute approximate surface area is 156 Å². The number of benzene rings is 2. The molecule has 0 fully saturated rings. The van der Waals surface area contributed by atoms with Gasteiger partial charge in [0.15, 0.2) is 0 Å². The zero-order chi connectivity index (χ0) is 20.0. The third-order valence-electron chi connectivity index (χ3n) is 4.03. The number of urea groups is 1. The number of nitrogens with one attached hydrogen (secondary N) is 2. The molecule has 0 bridgehead atoms. The largest absolute Gasteiger partial charge is 0.497 e. The molecular weight excluding hydrogens is 359 g/mol. The van der Waals surface area contributed by atoms with Gasteiger partial charge in [-0.25, -0.2) is 4.79 Å². The van der Waals surface area contributed by atoms with Crippen molar-refractivity contribution >= 4 is 11.7 Å². The SMILES string of the molecule is COc1ccc(C(CNC(=O)Nc2cccc(C(F)(F)F)c2)N(C)C)cc1. The molecule has 2 N–H and O–H groups in total. The van der Waals surface area contributed by atoms with E-state index in [0.29, 0.717) is 0 Å². The third-order valence-corrected chi connectivity index (χ3v) is 4.03. The molecule has 0 spiro atoms. The number of likely N-dealkylation sites (N-methyl/N-ethyl adjacent to an activating group) is 1. The summed E-state index contributed by atoms with van der Waals surface area (Å²) in [6.45, 7) is 0.282. The van der Waals surface area contributed by atoms with Crippen molar-refractivity contribution in [2.75, 3.05) is 33.1 Å². The van der Waals surface area contributed by atoms with Gasteiger partial charge in [0.1, 0.15) is 5.75 Å². The summed E-state index contributed by atoms with van der Waals surface area (Å²) in [5.41, 5.74) is 0.234. The van der Waals surface area contributed by atoms with Crippen molar-refractivity contribution in [3.63, 3.8) is 0 Å². The van der Waals surface area contributed by atoms with E-state index in [4.69, 9.17) is 4.74 Å². The van der Waals surface area contributed by atoms with Gasteiger partial charge in [-0.1, -0.05) is 18.2 Å². The Hall–Kier alpha value is -2.74. The molecule has 0 aliphatic carbocycles. The van der Waals surface area contributed by atoms with E-state index in [1.54, 1.807) is 7.11 Å². The van der Waals surface area contributed by atoms with E-state index >= 15 is 0 Å². The Kier molecular flexibility index (Phi) is 6.68. The minimum Gasteiger partial charge on any atom is -0.497 e. The second kappa shape index (κ2) is 8.77. The predicted molar refractivity (Wildman–Crippen MR) is 97.9 cm³/mol. The van der Waals surface area contributed by atoms with Crippen LogP contribution in [0.2, 0.25) is 0 Å². The van der Waals surface area contributed by atoms with Gasteiger partial charge in [-0.2, -0.15) is 13.2 Å². The highest BCUT2D eigenvalue weighted by molar-refractivity contribution is 5.89. The first-order valence-electron chi connectivity index (χ1n) is 8.23. The second-order valence-corrected chi connectivity index (χ2v) is 6.17. The van der Waals surface area contributed by atoms with Gasteiger partial charge in [-0.15, -0.1) is 0 Å². The number of halogens is 3. The van der Waals surface area contributed by atoms with Crippen LogP contribution in [0.1, 0.15) is 17.2 Å². The first kappa shape index (κ1) is 20.6. The number of amides is 2. The molecule has 8 heteroatoms. The van der Waals surface area contributed by atoms with E-state index in [0.717, 1.165) is 23.4 Å². The average Bonchev–Trinajstić information content (AvgIpc) is 2.61. The number of anilines is 1. The molecule has 0 saturated heterocycles. The molecule has 2 aromatic carbocycles. The normalized spacial score (nSPS) is 12.6. The number of rotatable bonds is 6. The summed E-state index contributed by atoms with van der Waals surface area (Å²) in [6, 6.07) is 11.3. The number of hydrogen-bond donors (Lipinski definition) is 2. The van der Waals surface area contributed by atoms with Crippen LogP contribution in [0.15, 0.2) is 48.5 Å². The van der Waals surface area contributed by atoms with Crippen LogP contribution in [-0.4, -0.2) is 38.7 Å². The number of nitrogens with zero attached hydrogens (tertiary/aromatic N) is 1. The van der Waals surface area contributed by atoms with E-state index in [1.807, 2.05) is 43.3 Å². The molecule has 146 valence electrons. The second-order valence-electron chi connectivity index (χ2n) is 6.17. The van der Waals surface area contributed by atoms with Crippen LogP contribution in [0.25, 0.3) is 0 Å². The number of hydrogen-bond acceptors (Lipinski definition) is 3. The topological polar surface area (TPSA) is 53.6 Å². The summed E-state index contributed by atoms with van der Waals surface area (Å²) in [6.07, 6.45) is -4.46. The Morgan fingerprint density at radius 3 is 2.37 bits per heavy atom. The number of methoxy groups -OCH3 is 1. The minimum atomic E-state index is -4.46. The van der Waals surface area contributed by atoms with Crippen molar-refractivity contribution in [3.8, 4) is 5.75 Å². The summed E-state index contributed by atoms with van der Waals surface area (Å²) in [4.78, 5) is 14.0.